The molecule has 208 valence electrons. The van der Waals surface area contributed by atoms with Crippen LogP contribution in [0.5, 0.6) is 0 Å². The van der Waals surface area contributed by atoms with Gasteiger partial charge in [-0.1, -0.05) is 74.7 Å². The fraction of sp³-hybridized carbons (Fsp3) is 0.412. The molecule has 0 fully saturated rings. The molecule has 3 nitrogen and oxygen atoms in total. The van der Waals surface area contributed by atoms with Gasteiger partial charge in [0.05, 0.1) is 0 Å². The summed E-state index contributed by atoms with van der Waals surface area (Å²) in [5.74, 6) is 0.151. The lowest BCUT2D eigenvalue weighted by atomic mass is 9.87. The van der Waals surface area contributed by atoms with Crippen molar-refractivity contribution in [2.24, 2.45) is 0 Å². The number of para-hydroxylation sites is 1. The van der Waals surface area contributed by atoms with E-state index < -0.39 is 0 Å². The van der Waals surface area contributed by atoms with Crippen molar-refractivity contribution in [3.8, 4) is 0 Å². The molecule has 5 heteroatoms. The molecule has 39 heavy (non-hydrogen) atoms. The Morgan fingerprint density at radius 3 is 2.36 bits per heavy atom. The minimum atomic E-state index is -0.196. The summed E-state index contributed by atoms with van der Waals surface area (Å²) in [6, 6.07) is 25.2. The van der Waals surface area contributed by atoms with Crippen LogP contribution >= 0.6 is 11.9 Å². The van der Waals surface area contributed by atoms with Crippen LogP contribution in [-0.2, 0) is 0 Å². The van der Waals surface area contributed by atoms with Crippen molar-refractivity contribution in [3.63, 3.8) is 0 Å². The Morgan fingerprint density at radius 2 is 1.62 bits per heavy atom. The van der Waals surface area contributed by atoms with Crippen LogP contribution in [0, 0.1) is 12.7 Å². The van der Waals surface area contributed by atoms with E-state index in [0.29, 0.717) is 12.0 Å². The molecule has 0 saturated carbocycles. The van der Waals surface area contributed by atoms with Gasteiger partial charge in [0.15, 0.2) is 0 Å². The molecule has 0 saturated heterocycles. The van der Waals surface area contributed by atoms with Gasteiger partial charge < -0.3 is 9.88 Å². The number of hydrogen-bond donors (Lipinski definition) is 2. The van der Waals surface area contributed by atoms with Crippen LogP contribution < -0.4 is 10.0 Å². The number of benzene rings is 3. The average molecular weight is 546 g/mol. The van der Waals surface area contributed by atoms with Gasteiger partial charge in [-0.3, -0.25) is 4.72 Å². The first-order valence-electron chi connectivity index (χ1n) is 14.6. The second-order valence-corrected chi connectivity index (χ2v) is 11.5. The van der Waals surface area contributed by atoms with E-state index in [-0.39, 0.29) is 5.82 Å². The Balaban J connectivity index is 1.43. The highest BCUT2D eigenvalue weighted by Crippen LogP contribution is 2.37. The summed E-state index contributed by atoms with van der Waals surface area (Å²) in [4.78, 5) is 1.03. The maximum absolute atomic E-state index is 13.1. The van der Waals surface area contributed by atoms with Crippen molar-refractivity contribution in [1.29, 1.82) is 0 Å². The van der Waals surface area contributed by atoms with Crippen molar-refractivity contribution in [2.45, 2.75) is 76.2 Å². The summed E-state index contributed by atoms with van der Waals surface area (Å²) in [5, 5.41) is 5.08. The summed E-state index contributed by atoms with van der Waals surface area (Å²) in [7, 11) is 0. The predicted molar refractivity (Wildman–Crippen MR) is 166 cm³/mol. The minimum Gasteiger partial charge on any atom is -0.344 e. The van der Waals surface area contributed by atoms with Crippen LogP contribution in [0.4, 0.5) is 4.39 Å². The van der Waals surface area contributed by atoms with Crippen molar-refractivity contribution in [3.05, 3.63) is 102 Å². The molecule has 2 N–H and O–H groups in total. The molecule has 1 atom stereocenters. The molecule has 0 aliphatic carbocycles. The van der Waals surface area contributed by atoms with Gasteiger partial charge in [-0.25, -0.2) is 4.39 Å². The number of fused-ring (bicyclic) bond motifs is 1. The van der Waals surface area contributed by atoms with Gasteiger partial charge in [-0.05, 0) is 99.1 Å². The van der Waals surface area contributed by atoms with Crippen LogP contribution in [0.25, 0.3) is 10.9 Å². The Morgan fingerprint density at radius 1 is 0.846 bits per heavy atom. The average Bonchev–Trinajstić information content (AvgIpc) is 3.32. The van der Waals surface area contributed by atoms with Crippen molar-refractivity contribution in [1.82, 2.24) is 14.6 Å². The van der Waals surface area contributed by atoms with Crippen LogP contribution in [-0.4, -0.2) is 24.2 Å². The van der Waals surface area contributed by atoms with E-state index in [1.807, 2.05) is 0 Å². The third kappa shape index (κ3) is 8.20. The number of aromatic nitrogens is 1. The fourth-order valence-corrected chi connectivity index (χ4v) is 6.27. The molecule has 1 unspecified atom stereocenters. The van der Waals surface area contributed by atoms with Crippen molar-refractivity contribution >= 4 is 22.9 Å². The van der Waals surface area contributed by atoms with E-state index in [2.05, 4.69) is 90.1 Å². The minimum absolute atomic E-state index is 0.196. The van der Waals surface area contributed by atoms with Gasteiger partial charge >= 0.3 is 0 Å². The van der Waals surface area contributed by atoms with E-state index in [9.17, 15) is 4.39 Å². The maximum Gasteiger partial charge on any atom is 0.123 e. The topological polar surface area (TPSA) is 29.0 Å². The first-order chi connectivity index (χ1) is 19.1. The first-order valence-corrected chi connectivity index (χ1v) is 15.4. The molecule has 1 aromatic heterocycles. The van der Waals surface area contributed by atoms with E-state index in [1.165, 1.54) is 65.4 Å². The van der Waals surface area contributed by atoms with Crippen LogP contribution in [0.3, 0.4) is 0 Å². The molecule has 3 aromatic carbocycles. The molecule has 0 amide bonds. The molecular weight excluding hydrogens is 501 g/mol. The Labute approximate surface area is 238 Å². The summed E-state index contributed by atoms with van der Waals surface area (Å²) < 4.78 is 19.0. The van der Waals surface area contributed by atoms with E-state index in [1.54, 1.807) is 24.1 Å². The maximum atomic E-state index is 13.1. The number of aryl methyl sites for hydroxylation is 1. The highest BCUT2D eigenvalue weighted by atomic mass is 32.2. The van der Waals surface area contributed by atoms with E-state index in [4.69, 9.17) is 0 Å². The Kier molecular flexibility index (Phi) is 11.5. The van der Waals surface area contributed by atoms with E-state index in [0.717, 1.165) is 37.4 Å². The molecule has 0 spiro atoms. The number of nitrogens with one attached hydrogen (secondary N) is 2. The lowest BCUT2D eigenvalue weighted by Gasteiger charge is -2.20. The van der Waals surface area contributed by atoms with Crippen molar-refractivity contribution < 1.29 is 4.39 Å². The van der Waals surface area contributed by atoms with Gasteiger partial charge in [0.1, 0.15) is 5.82 Å². The first kappa shape index (κ1) is 29.4. The number of halogens is 1. The van der Waals surface area contributed by atoms with Gasteiger partial charge in [0, 0.05) is 40.5 Å². The SMILES string of the molecule is CCCC(CCC)n1cc(C(CCNCCCNSc2ccc(F)cc2)c2cccc(C)c2)c2ccccc21. The number of rotatable bonds is 16. The summed E-state index contributed by atoms with van der Waals surface area (Å²) >= 11 is 1.56. The zero-order valence-electron chi connectivity index (χ0n) is 23.8. The lowest BCUT2D eigenvalue weighted by Crippen LogP contribution is -2.22. The molecule has 0 aliphatic heterocycles. The third-order valence-corrected chi connectivity index (χ3v) is 8.33. The molecular formula is C34H44FN3S. The largest absolute Gasteiger partial charge is 0.344 e. The van der Waals surface area contributed by atoms with Crippen LogP contribution in [0.2, 0.25) is 0 Å². The third-order valence-electron chi connectivity index (χ3n) is 7.47. The standard InChI is InChI=1S/C34H44FN3S/c1-4-10-29(11-5-2)38-25-33(32-14-6-7-15-34(32)38)31(27-13-8-12-26(3)24-27)20-23-36-21-9-22-37-39-30-18-16-28(35)17-19-30/h6-8,12-19,24-25,29,31,36-37H,4-5,9-11,20-23H2,1-3H3. The highest BCUT2D eigenvalue weighted by Gasteiger charge is 2.22. The second-order valence-electron chi connectivity index (χ2n) is 10.5. The quantitative estimate of drug-likeness (QED) is 0.109. The van der Waals surface area contributed by atoms with Crippen LogP contribution in [0.15, 0.2) is 83.9 Å². The normalized spacial score (nSPS) is 12.4. The second kappa shape index (κ2) is 15.3. The highest BCUT2D eigenvalue weighted by molar-refractivity contribution is 7.97. The summed E-state index contributed by atoms with van der Waals surface area (Å²) in [6.45, 7) is 9.63. The summed E-state index contributed by atoms with van der Waals surface area (Å²) in [6.07, 6.45) is 9.42. The van der Waals surface area contributed by atoms with Crippen molar-refractivity contribution in [2.75, 3.05) is 19.6 Å². The monoisotopic (exact) mass is 545 g/mol. The Hall–Kier alpha value is -2.60. The number of nitrogens with zero attached hydrogens (tertiary/aromatic N) is 1. The smallest absolute Gasteiger partial charge is 0.123 e. The van der Waals surface area contributed by atoms with Crippen LogP contribution in [0.1, 0.15) is 81.0 Å². The molecule has 4 rings (SSSR count). The zero-order valence-corrected chi connectivity index (χ0v) is 24.6. The fourth-order valence-electron chi connectivity index (χ4n) is 5.58. The molecule has 4 aromatic rings. The Bertz CT molecular complexity index is 1280. The van der Waals surface area contributed by atoms with Gasteiger partial charge in [-0.15, -0.1) is 0 Å². The summed E-state index contributed by atoms with van der Waals surface area (Å²) in [5.41, 5.74) is 5.54. The van der Waals surface area contributed by atoms with Gasteiger partial charge in [-0.2, -0.15) is 0 Å². The predicted octanol–water partition coefficient (Wildman–Crippen LogP) is 9.03. The molecule has 0 bridgehead atoms. The van der Waals surface area contributed by atoms with E-state index >= 15 is 0 Å². The van der Waals surface area contributed by atoms with Gasteiger partial charge in [0.2, 0.25) is 0 Å². The molecule has 0 radical (unpaired) electrons. The molecule has 0 aliphatic rings. The molecule has 1 heterocycles. The lowest BCUT2D eigenvalue weighted by molar-refractivity contribution is 0.436. The zero-order chi connectivity index (χ0) is 27.5. The number of hydrogen-bond acceptors (Lipinski definition) is 3. The van der Waals surface area contributed by atoms with Gasteiger partial charge in [0.25, 0.3) is 0 Å².